The van der Waals surface area contributed by atoms with Gasteiger partial charge < -0.3 is 10.1 Å². The largest absolute Gasteiger partial charge is 0.462 e. The van der Waals surface area contributed by atoms with E-state index in [2.05, 4.69) is 0 Å². The van der Waals surface area contributed by atoms with E-state index in [1.165, 1.54) is 5.32 Å². The number of Topliss-reactive ketones (excluding diaryl/α,β-unsaturated/α-hetero) is 1. The molecular formula is C21H26F7NO4. The highest BCUT2D eigenvalue weighted by Gasteiger charge is 2.80. The Labute approximate surface area is 185 Å². The minimum Gasteiger partial charge on any atom is -0.462 e. The first-order valence-electron chi connectivity index (χ1n) is 10.8. The first-order valence-corrected chi connectivity index (χ1v) is 10.8. The highest BCUT2D eigenvalue weighted by Crippen LogP contribution is 2.67. The SMILES string of the molecule is CCNC(=O)C(F)(F)C(F)(F)C(F)(F)C(=O)C12CC3CC(CC(C(=O)OCC(C)F)(C3)C1)C2. The number of carbonyl (C=O) groups excluding carboxylic acids is 3. The van der Waals surface area contributed by atoms with E-state index in [9.17, 15) is 45.1 Å². The summed E-state index contributed by atoms with van der Waals surface area (Å²) in [4.78, 5) is 37.1. The maximum atomic E-state index is 14.9. The number of nitrogens with one attached hydrogen (secondary N) is 1. The van der Waals surface area contributed by atoms with Crippen LogP contribution in [0, 0.1) is 22.7 Å². The van der Waals surface area contributed by atoms with Crippen molar-refractivity contribution in [2.45, 2.75) is 76.3 Å². The zero-order valence-corrected chi connectivity index (χ0v) is 18.2. The highest BCUT2D eigenvalue weighted by atomic mass is 19.3. The molecule has 188 valence electrons. The van der Waals surface area contributed by atoms with Crippen LogP contribution in [0.1, 0.15) is 52.4 Å². The molecule has 12 heteroatoms. The van der Waals surface area contributed by atoms with Crippen molar-refractivity contribution in [3.63, 3.8) is 0 Å². The van der Waals surface area contributed by atoms with Crippen LogP contribution in [0.3, 0.4) is 0 Å². The van der Waals surface area contributed by atoms with Gasteiger partial charge in [-0.3, -0.25) is 14.4 Å². The quantitative estimate of drug-likeness (QED) is 0.391. The third kappa shape index (κ3) is 3.90. The molecule has 1 N–H and O–H groups in total. The topological polar surface area (TPSA) is 72.5 Å². The molecule has 4 saturated carbocycles. The summed E-state index contributed by atoms with van der Waals surface area (Å²) in [5.74, 6) is -24.8. The maximum absolute atomic E-state index is 14.9. The molecule has 4 bridgehead atoms. The van der Waals surface area contributed by atoms with Gasteiger partial charge in [-0.15, -0.1) is 0 Å². The number of amides is 1. The number of rotatable bonds is 9. The van der Waals surface area contributed by atoms with Crippen LogP contribution in [0.5, 0.6) is 0 Å². The summed E-state index contributed by atoms with van der Waals surface area (Å²) in [6.07, 6.45) is -1.78. The summed E-state index contributed by atoms with van der Waals surface area (Å²) in [7, 11) is 0. The van der Waals surface area contributed by atoms with E-state index in [1.807, 2.05) is 0 Å². The van der Waals surface area contributed by atoms with E-state index < -0.39 is 83.8 Å². The summed E-state index contributed by atoms with van der Waals surface area (Å²) < 4.78 is 105. The molecule has 1 amide bonds. The Morgan fingerprint density at radius 2 is 1.48 bits per heavy atom. The molecule has 5 nitrogen and oxygen atoms in total. The van der Waals surface area contributed by atoms with Gasteiger partial charge in [0.15, 0.2) is 0 Å². The number of esters is 1. The monoisotopic (exact) mass is 489 g/mol. The van der Waals surface area contributed by atoms with Crippen LogP contribution < -0.4 is 5.32 Å². The van der Waals surface area contributed by atoms with Crippen LogP contribution in [0.15, 0.2) is 0 Å². The summed E-state index contributed by atoms with van der Waals surface area (Å²) in [6, 6.07) is 0. The summed E-state index contributed by atoms with van der Waals surface area (Å²) in [6.45, 7) is 1.16. The Morgan fingerprint density at radius 1 is 0.970 bits per heavy atom. The number of hydrogen-bond donors (Lipinski definition) is 1. The Balaban J connectivity index is 1.94. The summed E-state index contributed by atoms with van der Waals surface area (Å²) in [5.41, 5.74) is -3.59. The molecular weight excluding hydrogens is 463 g/mol. The Hall–Kier alpha value is -1.88. The van der Waals surface area contributed by atoms with Gasteiger partial charge in [0.25, 0.3) is 5.91 Å². The lowest BCUT2D eigenvalue weighted by molar-refractivity contribution is -0.292. The lowest BCUT2D eigenvalue weighted by Gasteiger charge is -2.60. The maximum Gasteiger partial charge on any atom is 0.393 e. The van der Waals surface area contributed by atoms with Gasteiger partial charge in [0.1, 0.15) is 12.8 Å². The van der Waals surface area contributed by atoms with Gasteiger partial charge >= 0.3 is 23.7 Å². The molecule has 3 unspecified atom stereocenters. The average Bonchev–Trinajstić information content (AvgIpc) is 2.70. The van der Waals surface area contributed by atoms with Crippen molar-refractivity contribution >= 4 is 17.7 Å². The van der Waals surface area contributed by atoms with Crippen LogP contribution >= 0.6 is 0 Å². The van der Waals surface area contributed by atoms with E-state index in [1.54, 1.807) is 0 Å². The fourth-order valence-electron chi connectivity index (χ4n) is 6.20. The molecule has 33 heavy (non-hydrogen) atoms. The first-order chi connectivity index (χ1) is 15.0. The average molecular weight is 489 g/mol. The molecule has 0 heterocycles. The van der Waals surface area contributed by atoms with Crippen molar-refractivity contribution in [1.82, 2.24) is 5.32 Å². The van der Waals surface area contributed by atoms with Gasteiger partial charge in [-0.2, -0.15) is 26.3 Å². The molecule has 4 fully saturated rings. The van der Waals surface area contributed by atoms with E-state index in [4.69, 9.17) is 4.74 Å². The molecule has 0 aromatic heterocycles. The second-order valence-electron chi connectivity index (χ2n) is 9.81. The van der Waals surface area contributed by atoms with Crippen LogP contribution in [-0.2, 0) is 19.1 Å². The normalized spacial score (nSPS) is 32.4. The minimum atomic E-state index is -6.29. The van der Waals surface area contributed by atoms with Crippen molar-refractivity contribution in [2.75, 3.05) is 13.2 Å². The standard InChI is InChI=1S/C21H26F7NO4/c1-3-29-15(31)20(25,26)21(27,28)19(23,24)14(30)17-5-12-4-13(6-17)8-18(7-12,10-17)16(32)33-9-11(2)22/h11-13H,3-10H2,1-2H3,(H,29,31). The number of carbonyl (C=O) groups is 3. The molecule has 3 atom stereocenters. The van der Waals surface area contributed by atoms with Crippen molar-refractivity contribution in [3.8, 4) is 0 Å². The molecule has 0 saturated heterocycles. The van der Waals surface area contributed by atoms with Crippen molar-refractivity contribution in [2.24, 2.45) is 22.7 Å². The van der Waals surface area contributed by atoms with Gasteiger partial charge in [-0.05, 0) is 64.2 Å². The Kier molecular flexibility index (Phi) is 6.32. The molecule has 4 rings (SSSR count). The molecule has 0 aromatic carbocycles. The molecule has 4 aliphatic rings. The second-order valence-corrected chi connectivity index (χ2v) is 9.81. The third-order valence-electron chi connectivity index (χ3n) is 7.12. The number of alkyl halides is 7. The van der Waals surface area contributed by atoms with Gasteiger partial charge in [0.05, 0.1) is 5.41 Å². The van der Waals surface area contributed by atoms with Crippen molar-refractivity contribution in [1.29, 1.82) is 0 Å². The third-order valence-corrected chi connectivity index (χ3v) is 7.12. The second kappa shape index (κ2) is 8.11. The Morgan fingerprint density at radius 3 is 1.97 bits per heavy atom. The van der Waals surface area contributed by atoms with Gasteiger partial charge in [0, 0.05) is 12.0 Å². The Bertz CT molecular complexity index is 815. The fourth-order valence-corrected chi connectivity index (χ4v) is 6.20. The van der Waals surface area contributed by atoms with Crippen LogP contribution in [-0.4, -0.2) is 54.8 Å². The van der Waals surface area contributed by atoms with Crippen LogP contribution in [0.25, 0.3) is 0 Å². The van der Waals surface area contributed by atoms with E-state index in [-0.39, 0.29) is 25.7 Å². The van der Waals surface area contributed by atoms with E-state index in [0.717, 1.165) is 13.8 Å². The zero-order valence-electron chi connectivity index (χ0n) is 18.2. The predicted molar refractivity (Wildman–Crippen MR) is 99.6 cm³/mol. The number of halogens is 7. The van der Waals surface area contributed by atoms with Crippen molar-refractivity contribution in [3.05, 3.63) is 0 Å². The predicted octanol–water partition coefficient (Wildman–Crippen LogP) is 4.09. The van der Waals surface area contributed by atoms with Crippen molar-refractivity contribution < 1.29 is 49.9 Å². The molecule has 0 aliphatic heterocycles. The van der Waals surface area contributed by atoms with E-state index >= 15 is 0 Å². The first kappa shape index (κ1) is 25.7. The lowest BCUT2D eigenvalue weighted by Crippen LogP contribution is -2.68. The fraction of sp³-hybridized carbons (Fsp3) is 0.857. The lowest BCUT2D eigenvalue weighted by atomic mass is 9.43. The van der Waals surface area contributed by atoms with Gasteiger partial charge in [-0.1, -0.05) is 0 Å². The smallest absolute Gasteiger partial charge is 0.393 e. The number of ketones is 1. The molecule has 0 radical (unpaired) electrons. The summed E-state index contributed by atoms with van der Waals surface area (Å²) >= 11 is 0. The molecule has 0 spiro atoms. The van der Waals surface area contributed by atoms with Gasteiger partial charge in [-0.25, -0.2) is 4.39 Å². The number of ether oxygens (including phenoxy) is 1. The van der Waals surface area contributed by atoms with Gasteiger partial charge in [0.2, 0.25) is 5.78 Å². The minimum absolute atomic E-state index is 0.162. The molecule has 0 aromatic rings. The zero-order chi connectivity index (χ0) is 25.0. The molecule has 4 aliphatic carbocycles. The highest BCUT2D eigenvalue weighted by molar-refractivity contribution is 5.95. The van der Waals surface area contributed by atoms with Crippen LogP contribution in [0.2, 0.25) is 0 Å². The summed E-state index contributed by atoms with van der Waals surface area (Å²) in [5, 5.41) is 1.38. The van der Waals surface area contributed by atoms with E-state index in [0.29, 0.717) is 6.42 Å². The number of hydrogen-bond acceptors (Lipinski definition) is 4. The van der Waals surface area contributed by atoms with Crippen LogP contribution in [0.4, 0.5) is 30.7 Å².